The molecule has 0 aliphatic carbocycles. The zero-order valence-electron chi connectivity index (χ0n) is 16.3. The Bertz CT molecular complexity index is 795. The van der Waals surface area contributed by atoms with Gasteiger partial charge >= 0.3 is 0 Å². The van der Waals surface area contributed by atoms with Crippen molar-refractivity contribution in [3.05, 3.63) is 54.6 Å². The Morgan fingerprint density at radius 3 is 2.54 bits per heavy atom. The first-order valence-corrected chi connectivity index (χ1v) is 10.4. The molecule has 0 radical (unpaired) electrons. The van der Waals surface area contributed by atoms with Crippen LogP contribution in [-0.4, -0.2) is 42.2 Å². The van der Waals surface area contributed by atoms with E-state index in [4.69, 9.17) is 4.74 Å². The van der Waals surface area contributed by atoms with Crippen molar-refractivity contribution < 1.29 is 14.3 Å². The van der Waals surface area contributed by atoms with Gasteiger partial charge in [0.1, 0.15) is 5.75 Å². The predicted octanol–water partition coefficient (Wildman–Crippen LogP) is 4.05. The van der Waals surface area contributed by atoms with Gasteiger partial charge in [-0.05, 0) is 56.2 Å². The Morgan fingerprint density at radius 1 is 1.14 bits per heavy atom. The number of methoxy groups -OCH3 is 1. The van der Waals surface area contributed by atoms with Gasteiger partial charge in [-0.25, -0.2) is 0 Å². The number of hydrogen-bond acceptors (Lipinski definition) is 4. The number of rotatable bonds is 6. The van der Waals surface area contributed by atoms with Gasteiger partial charge in [0.25, 0.3) is 0 Å². The normalized spacial score (nSPS) is 17.6. The third kappa shape index (κ3) is 5.29. The molecule has 3 rings (SSSR count). The van der Waals surface area contributed by atoms with Crippen molar-refractivity contribution in [2.45, 2.75) is 29.9 Å². The van der Waals surface area contributed by atoms with E-state index in [0.717, 1.165) is 29.2 Å². The minimum Gasteiger partial charge on any atom is -0.497 e. The van der Waals surface area contributed by atoms with Crippen LogP contribution < -0.4 is 10.1 Å². The highest BCUT2D eigenvalue weighted by molar-refractivity contribution is 8.00. The topological polar surface area (TPSA) is 58.6 Å². The lowest BCUT2D eigenvalue weighted by Crippen LogP contribution is -2.46. The monoisotopic (exact) mass is 398 g/mol. The molecule has 1 N–H and O–H groups in total. The number of para-hydroxylation sites is 1. The molecule has 1 aliphatic heterocycles. The predicted molar refractivity (Wildman–Crippen MR) is 113 cm³/mol. The van der Waals surface area contributed by atoms with E-state index in [1.54, 1.807) is 7.11 Å². The summed E-state index contributed by atoms with van der Waals surface area (Å²) in [6.07, 6.45) is 1.65. The van der Waals surface area contributed by atoms with Gasteiger partial charge in [0.15, 0.2) is 0 Å². The van der Waals surface area contributed by atoms with Crippen LogP contribution in [0.15, 0.2) is 59.5 Å². The second-order valence-corrected chi connectivity index (χ2v) is 8.33. The summed E-state index contributed by atoms with van der Waals surface area (Å²) >= 11 is 1.53. The average Bonchev–Trinajstić information content (AvgIpc) is 2.74. The molecular weight excluding hydrogens is 372 g/mol. The minimum absolute atomic E-state index is 0.0147. The third-order valence-electron chi connectivity index (χ3n) is 4.87. The van der Waals surface area contributed by atoms with Gasteiger partial charge < -0.3 is 15.0 Å². The third-order valence-corrected chi connectivity index (χ3v) is 5.96. The zero-order chi connectivity index (χ0) is 19.9. The van der Waals surface area contributed by atoms with Crippen molar-refractivity contribution in [3.8, 4) is 5.75 Å². The number of thioether (sulfide) groups is 1. The summed E-state index contributed by atoms with van der Waals surface area (Å²) in [6.45, 7) is 3.11. The summed E-state index contributed by atoms with van der Waals surface area (Å²) in [5, 5.41) is 2.75. The minimum atomic E-state index is -0.204. The van der Waals surface area contributed by atoms with E-state index >= 15 is 0 Å². The van der Waals surface area contributed by atoms with E-state index < -0.39 is 0 Å². The molecule has 2 amide bonds. The van der Waals surface area contributed by atoms with Crippen LogP contribution in [0.25, 0.3) is 0 Å². The van der Waals surface area contributed by atoms with Crippen LogP contribution in [0.2, 0.25) is 0 Å². The quantitative estimate of drug-likeness (QED) is 0.746. The van der Waals surface area contributed by atoms with Crippen LogP contribution in [0.4, 0.5) is 5.69 Å². The number of amides is 2. The number of hydrogen-bond donors (Lipinski definition) is 1. The molecule has 1 aliphatic rings. The smallest absolute Gasteiger partial charge is 0.235 e. The van der Waals surface area contributed by atoms with E-state index in [9.17, 15) is 9.59 Å². The lowest BCUT2D eigenvalue weighted by atomic mass is 9.96. The highest BCUT2D eigenvalue weighted by Crippen LogP contribution is 2.28. The van der Waals surface area contributed by atoms with Crippen molar-refractivity contribution in [1.29, 1.82) is 0 Å². The fourth-order valence-electron chi connectivity index (χ4n) is 3.32. The highest BCUT2D eigenvalue weighted by Gasteiger charge is 2.30. The van der Waals surface area contributed by atoms with Crippen molar-refractivity contribution in [2.75, 3.05) is 25.5 Å². The molecule has 2 aromatic rings. The summed E-state index contributed by atoms with van der Waals surface area (Å²) in [7, 11) is 1.63. The maximum absolute atomic E-state index is 12.9. The van der Waals surface area contributed by atoms with Crippen molar-refractivity contribution >= 4 is 29.3 Å². The molecule has 0 aromatic heterocycles. The number of nitrogens with zero attached hydrogens (tertiary/aromatic N) is 1. The zero-order valence-corrected chi connectivity index (χ0v) is 17.1. The maximum Gasteiger partial charge on any atom is 0.235 e. The Kier molecular flexibility index (Phi) is 6.98. The molecule has 5 nitrogen and oxygen atoms in total. The lowest BCUT2D eigenvalue weighted by Gasteiger charge is -2.33. The van der Waals surface area contributed by atoms with Gasteiger partial charge in [-0.2, -0.15) is 0 Å². The first kappa shape index (κ1) is 20.3. The summed E-state index contributed by atoms with van der Waals surface area (Å²) in [6, 6.07) is 17.1. The van der Waals surface area contributed by atoms with Gasteiger partial charge in [-0.3, -0.25) is 9.59 Å². The van der Waals surface area contributed by atoms with Crippen molar-refractivity contribution in [1.82, 2.24) is 4.90 Å². The lowest BCUT2D eigenvalue weighted by molar-refractivity contribution is -0.133. The number of anilines is 1. The summed E-state index contributed by atoms with van der Waals surface area (Å²) < 4.78 is 5.17. The van der Waals surface area contributed by atoms with E-state index in [2.05, 4.69) is 5.32 Å². The second-order valence-electron chi connectivity index (χ2n) is 6.91. The Labute approximate surface area is 170 Å². The van der Waals surface area contributed by atoms with Crippen LogP contribution in [0, 0.1) is 5.92 Å². The molecule has 2 aromatic carbocycles. The Balaban J connectivity index is 1.56. The maximum atomic E-state index is 12.9. The average molecular weight is 399 g/mol. The number of likely N-dealkylation sites (tertiary alicyclic amines) is 1. The van der Waals surface area contributed by atoms with Gasteiger partial charge in [-0.15, -0.1) is 11.8 Å². The first-order chi connectivity index (χ1) is 13.6. The van der Waals surface area contributed by atoms with Crippen LogP contribution in [-0.2, 0) is 9.59 Å². The SMILES string of the molecule is COc1ccc(S[C@@H](C)C(=O)N2CCC[C@@H](C(=O)Nc3ccccc3)C2)cc1. The largest absolute Gasteiger partial charge is 0.497 e. The van der Waals surface area contributed by atoms with E-state index in [1.807, 2.05) is 66.4 Å². The fourth-order valence-corrected chi connectivity index (χ4v) is 4.27. The number of piperidine rings is 1. The first-order valence-electron chi connectivity index (χ1n) is 9.52. The molecule has 0 spiro atoms. The number of nitrogens with one attached hydrogen (secondary N) is 1. The summed E-state index contributed by atoms with van der Waals surface area (Å²) in [5.74, 6) is 0.694. The Morgan fingerprint density at radius 2 is 1.86 bits per heavy atom. The number of benzene rings is 2. The molecule has 2 atom stereocenters. The van der Waals surface area contributed by atoms with Gasteiger partial charge in [0, 0.05) is 23.7 Å². The molecule has 1 saturated heterocycles. The van der Waals surface area contributed by atoms with Crippen molar-refractivity contribution in [2.24, 2.45) is 5.92 Å². The molecule has 0 saturated carbocycles. The van der Waals surface area contributed by atoms with Crippen molar-refractivity contribution in [3.63, 3.8) is 0 Å². The fraction of sp³-hybridized carbons (Fsp3) is 0.364. The Hall–Kier alpha value is -2.47. The van der Waals surface area contributed by atoms with Crippen LogP contribution in [0.1, 0.15) is 19.8 Å². The standard InChI is InChI=1S/C22H26N2O3S/c1-16(28-20-12-10-19(27-2)11-13-20)22(26)24-14-6-7-17(15-24)21(25)23-18-8-4-3-5-9-18/h3-5,8-13,16-17H,6-7,14-15H2,1-2H3,(H,23,25)/t16-,17+/m0/s1. The summed E-state index contributed by atoms with van der Waals surface area (Å²) in [5.41, 5.74) is 0.791. The molecule has 1 fully saturated rings. The molecule has 6 heteroatoms. The molecule has 1 heterocycles. The second kappa shape index (κ2) is 9.64. The molecule has 28 heavy (non-hydrogen) atoms. The van der Waals surface area contributed by atoms with Gasteiger partial charge in [0.05, 0.1) is 18.3 Å². The summed E-state index contributed by atoms with van der Waals surface area (Å²) in [4.78, 5) is 28.3. The molecule has 148 valence electrons. The molecule has 0 unspecified atom stereocenters. The van der Waals surface area contributed by atoms with Gasteiger partial charge in [0.2, 0.25) is 11.8 Å². The van der Waals surface area contributed by atoms with Crippen LogP contribution in [0.3, 0.4) is 0 Å². The van der Waals surface area contributed by atoms with E-state index in [-0.39, 0.29) is 23.0 Å². The van der Waals surface area contributed by atoms with E-state index in [1.165, 1.54) is 11.8 Å². The van der Waals surface area contributed by atoms with Crippen LogP contribution in [0.5, 0.6) is 5.75 Å². The number of carbonyl (C=O) groups excluding carboxylic acids is 2. The van der Waals surface area contributed by atoms with Gasteiger partial charge in [-0.1, -0.05) is 18.2 Å². The van der Waals surface area contributed by atoms with E-state index in [0.29, 0.717) is 13.1 Å². The number of carbonyl (C=O) groups is 2. The highest BCUT2D eigenvalue weighted by atomic mass is 32.2. The number of ether oxygens (including phenoxy) is 1. The molecule has 0 bridgehead atoms. The van der Waals surface area contributed by atoms with Crippen LogP contribution >= 0.6 is 11.8 Å². The molecular formula is C22H26N2O3S.